The first-order chi connectivity index (χ1) is 10.6. The molecule has 22 heavy (non-hydrogen) atoms. The summed E-state index contributed by atoms with van der Waals surface area (Å²) in [7, 11) is 0. The molecule has 0 spiro atoms. The predicted octanol–water partition coefficient (Wildman–Crippen LogP) is 2.17. The molecule has 0 atom stereocenters. The third-order valence-corrected chi connectivity index (χ3v) is 4.02. The van der Waals surface area contributed by atoms with Crippen LogP contribution in [-0.4, -0.2) is 27.2 Å². The number of carbonyl (C=O) groups is 1. The predicted molar refractivity (Wildman–Crippen MR) is 85.7 cm³/mol. The molecule has 2 heterocycles. The van der Waals surface area contributed by atoms with Gasteiger partial charge in [-0.15, -0.1) is 0 Å². The van der Waals surface area contributed by atoms with Crippen LogP contribution < -0.4 is 5.43 Å². The summed E-state index contributed by atoms with van der Waals surface area (Å²) in [6, 6.07) is 10.5. The largest absolute Gasteiger partial charge is 0.293 e. The summed E-state index contributed by atoms with van der Waals surface area (Å²) in [5.41, 5.74) is 6.52. The second kappa shape index (κ2) is 6.32. The van der Waals surface area contributed by atoms with Crippen LogP contribution in [0.2, 0.25) is 0 Å². The van der Waals surface area contributed by atoms with Gasteiger partial charge in [-0.25, -0.2) is 5.43 Å². The highest BCUT2D eigenvalue weighted by Gasteiger charge is 2.24. The average Bonchev–Trinajstić information content (AvgIpc) is 3.08. The van der Waals surface area contributed by atoms with E-state index in [1.807, 2.05) is 26.1 Å². The zero-order valence-electron chi connectivity index (χ0n) is 13.1. The van der Waals surface area contributed by atoms with Crippen molar-refractivity contribution in [1.82, 2.24) is 14.8 Å². The normalized spacial score (nSPS) is 14.3. The molecule has 3 rings (SSSR count). The Morgan fingerprint density at radius 3 is 2.77 bits per heavy atom. The number of hydrogen-bond donors (Lipinski definition) is 1. The Bertz CT molecular complexity index is 648. The molecule has 1 aliphatic rings. The van der Waals surface area contributed by atoms with Gasteiger partial charge in [-0.2, -0.15) is 9.89 Å². The molecule has 0 aliphatic carbocycles. The number of rotatable bonds is 5. The summed E-state index contributed by atoms with van der Waals surface area (Å²) in [4.78, 5) is 15.8. The number of benzene rings is 1. The third kappa shape index (κ3) is 3.20. The molecule has 1 N–H and O–H groups in total. The second-order valence-electron chi connectivity index (χ2n) is 6.11. The van der Waals surface area contributed by atoms with Crippen LogP contribution in [0.25, 0.3) is 0 Å². The minimum Gasteiger partial charge on any atom is -0.293 e. The summed E-state index contributed by atoms with van der Waals surface area (Å²) < 4.78 is 0. The van der Waals surface area contributed by atoms with Crippen LogP contribution in [0.1, 0.15) is 30.7 Å². The van der Waals surface area contributed by atoms with Gasteiger partial charge in [0.2, 0.25) is 5.91 Å². The molecule has 0 saturated carbocycles. The topological polar surface area (TPSA) is 50.2 Å². The van der Waals surface area contributed by atoms with Crippen molar-refractivity contribution < 1.29 is 4.79 Å². The van der Waals surface area contributed by atoms with E-state index in [1.165, 1.54) is 11.1 Å². The van der Waals surface area contributed by atoms with Gasteiger partial charge in [0.1, 0.15) is 0 Å². The van der Waals surface area contributed by atoms with Gasteiger partial charge >= 0.3 is 0 Å². The van der Waals surface area contributed by atoms with Crippen LogP contribution in [0, 0.1) is 5.92 Å². The van der Waals surface area contributed by atoms with Crippen molar-refractivity contribution in [3.05, 3.63) is 53.3 Å². The van der Waals surface area contributed by atoms with Gasteiger partial charge < -0.3 is 0 Å². The van der Waals surface area contributed by atoms with Gasteiger partial charge in [0.25, 0.3) is 0 Å². The lowest BCUT2D eigenvalue weighted by Crippen LogP contribution is -2.30. The van der Waals surface area contributed by atoms with Gasteiger partial charge in [-0.05, 0) is 12.0 Å². The molecule has 1 aromatic heterocycles. The van der Waals surface area contributed by atoms with E-state index < -0.39 is 0 Å². The average molecular weight is 298 g/mol. The fourth-order valence-corrected chi connectivity index (χ4v) is 2.64. The van der Waals surface area contributed by atoms with E-state index in [2.05, 4.69) is 39.7 Å². The molecule has 116 valence electrons. The SMILES string of the molecule is CC(C)C(=O)Nn1ncc2c1CN(CCc1ccccc1)C2. The molecule has 2 aromatic rings. The van der Waals surface area contributed by atoms with E-state index in [1.54, 1.807) is 4.79 Å². The van der Waals surface area contributed by atoms with Crippen LogP contribution in [0.3, 0.4) is 0 Å². The number of hydrogen-bond acceptors (Lipinski definition) is 3. The van der Waals surface area contributed by atoms with E-state index in [9.17, 15) is 4.79 Å². The first kappa shape index (κ1) is 14.8. The maximum absolute atomic E-state index is 11.8. The van der Waals surface area contributed by atoms with Crippen molar-refractivity contribution in [3.63, 3.8) is 0 Å². The minimum absolute atomic E-state index is 0.00589. The zero-order chi connectivity index (χ0) is 15.5. The van der Waals surface area contributed by atoms with E-state index >= 15 is 0 Å². The number of fused-ring (bicyclic) bond motifs is 1. The molecule has 5 heteroatoms. The minimum atomic E-state index is -0.0459. The Hall–Kier alpha value is -2.14. The molecule has 0 radical (unpaired) electrons. The van der Waals surface area contributed by atoms with Crippen LogP contribution in [-0.2, 0) is 24.3 Å². The zero-order valence-corrected chi connectivity index (χ0v) is 13.1. The van der Waals surface area contributed by atoms with Crippen molar-refractivity contribution in [2.45, 2.75) is 33.4 Å². The number of nitrogens with zero attached hydrogens (tertiary/aromatic N) is 3. The molecule has 0 saturated heterocycles. The lowest BCUT2D eigenvalue weighted by atomic mass is 10.1. The molecule has 1 aliphatic heterocycles. The van der Waals surface area contributed by atoms with E-state index in [4.69, 9.17) is 0 Å². The van der Waals surface area contributed by atoms with Gasteiger partial charge in [0.15, 0.2) is 0 Å². The molecule has 0 unspecified atom stereocenters. The fourth-order valence-electron chi connectivity index (χ4n) is 2.64. The summed E-state index contributed by atoms with van der Waals surface area (Å²) in [5, 5.41) is 4.27. The standard InChI is InChI=1S/C17H22N4O/c1-13(2)17(22)19-21-16-12-20(11-15(16)10-18-21)9-8-14-6-4-3-5-7-14/h3-7,10,13H,8-9,11-12H2,1-2H3,(H,19,22). The highest BCUT2D eigenvalue weighted by atomic mass is 16.2. The molecular weight excluding hydrogens is 276 g/mol. The smallest absolute Gasteiger partial charge is 0.242 e. The summed E-state index contributed by atoms with van der Waals surface area (Å²) in [6.07, 6.45) is 2.90. The second-order valence-corrected chi connectivity index (χ2v) is 6.11. The summed E-state index contributed by atoms with van der Waals surface area (Å²) in [6.45, 7) is 6.51. The lowest BCUT2D eigenvalue weighted by Gasteiger charge is -2.16. The van der Waals surface area contributed by atoms with Crippen LogP contribution >= 0.6 is 0 Å². The summed E-state index contributed by atoms with van der Waals surface area (Å²) >= 11 is 0. The quantitative estimate of drug-likeness (QED) is 0.920. The van der Waals surface area contributed by atoms with Crippen LogP contribution in [0.15, 0.2) is 36.5 Å². The van der Waals surface area contributed by atoms with Gasteiger partial charge in [-0.1, -0.05) is 44.2 Å². The van der Waals surface area contributed by atoms with E-state index in [0.29, 0.717) is 0 Å². The first-order valence-corrected chi connectivity index (χ1v) is 7.76. The number of nitrogens with one attached hydrogen (secondary N) is 1. The highest BCUT2D eigenvalue weighted by Crippen LogP contribution is 2.22. The monoisotopic (exact) mass is 298 g/mol. The van der Waals surface area contributed by atoms with E-state index in [-0.39, 0.29) is 11.8 Å². The van der Waals surface area contributed by atoms with Gasteiger partial charge in [0.05, 0.1) is 11.9 Å². The maximum Gasteiger partial charge on any atom is 0.242 e. The maximum atomic E-state index is 11.8. The Balaban J connectivity index is 1.59. The Labute approximate surface area is 130 Å². The molecule has 1 amide bonds. The lowest BCUT2D eigenvalue weighted by molar-refractivity contribution is -0.120. The molecule has 0 fully saturated rings. The van der Waals surface area contributed by atoms with E-state index in [0.717, 1.165) is 31.7 Å². The number of carbonyl (C=O) groups excluding carboxylic acids is 1. The molecule has 0 bridgehead atoms. The molecule has 1 aromatic carbocycles. The summed E-state index contributed by atoms with van der Waals surface area (Å²) in [5.74, 6) is -0.0518. The third-order valence-electron chi connectivity index (χ3n) is 4.02. The van der Waals surface area contributed by atoms with Crippen molar-refractivity contribution >= 4 is 5.91 Å². The Morgan fingerprint density at radius 1 is 1.27 bits per heavy atom. The van der Waals surface area contributed by atoms with Crippen molar-refractivity contribution in [3.8, 4) is 0 Å². The Kier molecular flexibility index (Phi) is 4.24. The van der Waals surface area contributed by atoms with Crippen molar-refractivity contribution in [1.29, 1.82) is 0 Å². The van der Waals surface area contributed by atoms with Gasteiger partial charge in [0, 0.05) is 31.1 Å². The van der Waals surface area contributed by atoms with Crippen molar-refractivity contribution in [2.24, 2.45) is 5.92 Å². The fraction of sp³-hybridized carbons (Fsp3) is 0.412. The van der Waals surface area contributed by atoms with Crippen molar-refractivity contribution in [2.75, 3.05) is 12.0 Å². The molecule has 5 nitrogen and oxygen atoms in total. The first-order valence-electron chi connectivity index (χ1n) is 7.76. The van der Waals surface area contributed by atoms with Crippen LogP contribution in [0.5, 0.6) is 0 Å². The Morgan fingerprint density at radius 2 is 2.05 bits per heavy atom. The molecular formula is C17H22N4O. The number of aromatic nitrogens is 2. The highest BCUT2D eigenvalue weighted by molar-refractivity contribution is 5.85. The van der Waals surface area contributed by atoms with Gasteiger partial charge in [-0.3, -0.25) is 9.69 Å². The number of amides is 1. The van der Waals surface area contributed by atoms with Crippen LogP contribution in [0.4, 0.5) is 0 Å².